The number of fused-ring (bicyclic) bond motifs is 3. The van der Waals surface area contributed by atoms with Gasteiger partial charge in [0.15, 0.2) is 5.69 Å². The maximum absolute atomic E-state index is 13.6. The van der Waals surface area contributed by atoms with Crippen LogP contribution in [0, 0.1) is 5.92 Å². The summed E-state index contributed by atoms with van der Waals surface area (Å²) in [6, 6.07) is 0. The fraction of sp³-hybridized carbons (Fsp3) is 0.667. The Labute approximate surface area is 87.0 Å². The van der Waals surface area contributed by atoms with Gasteiger partial charge in [0, 0.05) is 18.5 Å². The minimum atomic E-state index is -4.65. The van der Waals surface area contributed by atoms with Gasteiger partial charge in [-0.15, -0.1) is 0 Å². The Morgan fingerprint density at radius 1 is 1.38 bits per heavy atom. The molecule has 0 amide bonds. The first kappa shape index (κ1) is 10.0. The predicted molar refractivity (Wildman–Crippen MR) is 43.0 cm³/mol. The van der Waals surface area contributed by atoms with Crippen LogP contribution in [0.4, 0.5) is 22.0 Å². The molecule has 16 heavy (non-hydrogen) atoms. The van der Waals surface area contributed by atoms with Crippen molar-refractivity contribution in [2.45, 2.75) is 24.4 Å². The Morgan fingerprint density at radius 3 is 2.56 bits per heavy atom. The average molecular weight is 238 g/mol. The normalized spacial score (nSPS) is 30.1. The standard InChI is InChI=1S/C9H7F5N2/c1-16-7-5(6(15-16)9(12,13)14)3-2-4(3)8(7,10)11/h3-4H,2H2,1H3. The molecular weight excluding hydrogens is 231 g/mol. The predicted octanol–water partition coefficient (Wildman–Crippen LogP) is 2.65. The van der Waals surface area contributed by atoms with Gasteiger partial charge in [0.25, 0.3) is 5.92 Å². The van der Waals surface area contributed by atoms with E-state index >= 15 is 0 Å². The first-order valence-electron chi connectivity index (χ1n) is 4.77. The minimum Gasteiger partial charge on any atom is -0.266 e. The summed E-state index contributed by atoms with van der Waals surface area (Å²) in [4.78, 5) is 0. The van der Waals surface area contributed by atoms with E-state index in [1.165, 1.54) is 0 Å². The highest BCUT2D eigenvalue weighted by atomic mass is 19.4. The Hall–Kier alpha value is -1.14. The van der Waals surface area contributed by atoms with Crippen LogP contribution in [-0.2, 0) is 19.1 Å². The summed E-state index contributed by atoms with van der Waals surface area (Å²) in [7, 11) is 1.13. The molecule has 0 radical (unpaired) electrons. The monoisotopic (exact) mass is 238 g/mol. The van der Waals surface area contributed by atoms with E-state index in [0.29, 0.717) is 4.68 Å². The summed E-state index contributed by atoms with van der Waals surface area (Å²) in [5, 5.41) is 3.19. The average Bonchev–Trinajstić information content (AvgIpc) is 2.76. The number of hydrogen-bond donors (Lipinski definition) is 0. The van der Waals surface area contributed by atoms with Crippen molar-refractivity contribution >= 4 is 0 Å². The maximum atomic E-state index is 13.6. The van der Waals surface area contributed by atoms with E-state index in [9.17, 15) is 22.0 Å². The van der Waals surface area contributed by atoms with Gasteiger partial charge in [-0.2, -0.15) is 27.1 Å². The van der Waals surface area contributed by atoms with Gasteiger partial charge in [-0.3, -0.25) is 4.68 Å². The number of hydrogen-bond acceptors (Lipinski definition) is 1. The number of nitrogens with zero attached hydrogens (tertiary/aromatic N) is 2. The molecule has 1 aromatic heterocycles. The Bertz CT molecular complexity index is 473. The zero-order chi connectivity index (χ0) is 11.9. The van der Waals surface area contributed by atoms with E-state index < -0.39 is 35.3 Å². The second-order valence-corrected chi connectivity index (χ2v) is 4.30. The van der Waals surface area contributed by atoms with Gasteiger partial charge in [-0.25, -0.2) is 0 Å². The zero-order valence-electron chi connectivity index (χ0n) is 8.15. The Morgan fingerprint density at radius 2 is 2.00 bits per heavy atom. The van der Waals surface area contributed by atoms with E-state index in [-0.39, 0.29) is 12.0 Å². The van der Waals surface area contributed by atoms with Gasteiger partial charge in [0.05, 0.1) is 0 Å². The van der Waals surface area contributed by atoms with Crippen molar-refractivity contribution in [2.24, 2.45) is 13.0 Å². The van der Waals surface area contributed by atoms with Crippen LogP contribution in [0.2, 0.25) is 0 Å². The van der Waals surface area contributed by atoms with Crippen LogP contribution in [0.3, 0.4) is 0 Å². The third kappa shape index (κ3) is 0.985. The largest absolute Gasteiger partial charge is 0.435 e. The summed E-state index contributed by atoms with van der Waals surface area (Å²) in [5.41, 5.74) is -1.99. The van der Waals surface area contributed by atoms with Crippen LogP contribution in [0.1, 0.15) is 29.3 Å². The van der Waals surface area contributed by atoms with Crippen molar-refractivity contribution in [3.8, 4) is 0 Å². The molecule has 88 valence electrons. The van der Waals surface area contributed by atoms with Gasteiger partial charge in [0.1, 0.15) is 5.69 Å². The summed E-state index contributed by atoms with van der Waals surface area (Å²) >= 11 is 0. The topological polar surface area (TPSA) is 17.8 Å². The highest BCUT2D eigenvalue weighted by molar-refractivity contribution is 5.46. The SMILES string of the molecule is Cn1nc(C(F)(F)F)c2c1C(F)(F)C1CC21. The van der Waals surface area contributed by atoms with E-state index in [0.717, 1.165) is 7.05 Å². The number of aryl methyl sites for hydroxylation is 1. The van der Waals surface area contributed by atoms with Crippen LogP contribution >= 0.6 is 0 Å². The van der Waals surface area contributed by atoms with E-state index in [2.05, 4.69) is 5.10 Å². The van der Waals surface area contributed by atoms with Gasteiger partial charge < -0.3 is 0 Å². The maximum Gasteiger partial charge on any atom is 0.435 e. The molecular formula is C9H7F5N2. The molecule has 2 aliphatic carbocycles. The molecule has 2 nitrogen and oxygen atoms in total. The first-order chi connectivity index (χ1) is 7.24. The lowest BCUT2D eigenvalue weighted by molar-refractivity contribution is -0.142. The molecule has 0 aromatic carbocycles. The summed E-state index contributed by atoms with van der Waals surface area (Å²) < 4.78 is 65.6. The van der Waals surface area contributed by atoms with E-state index in [1.54, 1.807) is 0 Å². The molecule has 3 rings (SSSR count). The highest BCUT2D eigenvalue weighted by Crippen LogP contribution is 2.68. The lowest BCUT2D eigenvalue weighted by Crippen LogP contribution is -2.18. The second kappa shape index (κ2) is 2.41. The van der Waals surface area contributed by atoms with Crippen molar-refractivity contribution in [2.75, 3.05) is 0 Å². The molecule has 0 N–H and O–H groups in total. The smallest absolute Gasteiger partial charge is 0.266 e. The molecule has 1 fully saturated rings. The number of rotatable bonds is 0. The minimum absolute atomic E-state index is 0.134. The number of aromatic nitrogens is 2. The molecule has 0 saturated heterocycles. The van der Waals surface area contributed by atoms with Gasteiger partial charge in [-0.05, 0) is 12.3 Å². The summed E-state index contributed by atoms with van der Waals surface area (Å²) in [5.74, 6) is -4.77. The quantitative estimate of drug-likeness (QED) is 0.635. The Kier molecular flexibility index (Phi) is 1.51. The molecule has 2 unspecified atom stereocenters. The third-order valence-corrected chi connectivity index (χ3v) is 3.29. The molecule has 7 heteroatoms. The van der Waals surface area contributed by atoms with Crippen molar-refractivity contribution in [1.82, 2.24) is 9.78 Å². The summed E-state index contributed by atoms with van der Waals surface area (Å²) in [6.45, 7) is 0. The van der Waals surface area contributed by atoms with Crippen molar-refractivity contribution in [3.63, 3.8) is 0 Å². The first-order valence-corrected chi connectivity index (χ1v) is 4.77. The number of alkyl halides is 5. The second-order valence-electron chi connectivity index (χ2n) is 4.30. The lowest BCUT2D eigenvalue weighted by atomic mass is 10.1. The fourth-order valence-electron chi connectivity index (χ4n) is 2.59. The highest BCUT2D eigenvalue weighted by Gasteiger charge is 2.68. The van der Waals surface area contributed by atoms with E-state index in [4.69, 9.17) is 0 Å². The van der Waals surface area contributed by atoms with Crippen LogP contribution in [0.5, 0.6) is 0 Å². The fourth-order valence-corrected chi connectivity index (χ4v) is 2.59. The molecule has 2 atom stereocenters. The van der Waals surface area contributed by atoms with Crippen molar-refractivity contribution < 1.29 is 22.0 Å². The van der Waals surface area contributed by atoms with Crippen molar-refractivity contribution in [3.05, 3.63) is 17.0 Å². The van der Waals surface area contributed by atoms with Crippen LogP contribution in [-0.4, -0.2) is 9.78 Å². The van der Waals surface area contributed by atoms with Crippen LogP contribution in [0.15, 0.2) is 0 Å². The third-order valence-electron chi connectivity index (χ3n) is 3.29. The van der Waals surface area contributed by atoms with Crippen LogP contribution in [0.25, 0.3) is 0 Å². The Balaban J connectivity index is 2.25. The van der Waals surface area contributed by atoms with Gasteiger partial charge >= 0.3 is 6.18 Å². The van der Waals surface area contributed by atoms with Gasteiger partial charge in [-0.1, -0.05) is 0 Å². The van der Waals surface area contributed by atoms with E-state index in [1.807, 2.05) is 0 Å². The molecule has 0 aliphatic heterocycles. The molecule has 0 spiro atoms. The van der Waals surface area contributed by atoms with Gasteiger partial charge in [0.2, 0.25) is 0 Å². The molecule has 0 bridgehead atoms. The van der Waals surface area contributed by atoms with Crippen LogP contribution < -0.4 is 0 Å². The molecule has 1 heterocycles. The zero-order valence-corrected chi connectivity index (χ0v) is 8.15. The lowest BCUT2D eigenvalue weighted by Gasteiger charge is -2.12. The number of halogens is 5. The summed E-state index contributed by atoms with van der Waals surface area (Å²) in [6.07, 6.45) is -4.52. The molecule has 1 aromatic rings. The molecule has 2 aliphatic rings. The van der Waals surface area contributed by atoms with Crippen molar-refractivity contribution in [1.29, 1.82) is 0 Å². The molecule has 1 saturated carbocycles.